The third-order valence-electron chi connectivity index (χ3n) is 5.24. The van der Waals surface area contributed by atoms with Crippen molar-refractivity contribution in [2.45, 2.75) is 82.4 Å². The smallest absolute Gasteiger partial charge is 0.744 e. The fraction of sp³-hybridized carbons (Fsp3) is 0.500. The Morgan fingerprint density at radius 3 is 1.90 bits per heavy atom. The Hall–Kier alpha value is -0.850. The van der Waals surface area contributed by atoms with Gasteiger partial charge in [0.15, 0.2) is 0 Å². The maximum atomic E-state index is 11.8. The summed E-state index contributed by atoms with van der Waals surface area (Å²) in [4.78, 5) is -0.102. The molecular weight excluding hydrogens is 405 g/mol. The van der Waals surface area contributed by atoms with Crippen LogP contribution in [0.2, 0.25) is 0 Å². The molecule has 0 heterocycles. The van der Waals surface area contributed by atoms with Gasteiger partial charge in [0, 0.05) is 11.4 Å². The van der Waals surface area contributed by atoms with Crippen molar-refractivity contribution in [1.29, 1.82) is 0 Å². The van der Waals surface area contributed by atoms with Gasteiger partial charge in [-0.05, 0) is 42.7 Å². The topological polar surface area (TPSA) is 69.2 Å². The van der Waals surface area contributed by atoms with Gasteiger partial charge in [-0.25, -0.2) is 8.42 Å². The van der Waals surface area contributed by atoms with E-state index in [-0.39, 0.29) is 34.5 Å². The van der Waals surface area contributed by atoms with Crippen LogP contribution >= 0.6 is 0 Å². The molecule has 0 atom stereocenters. The van der Waals surface area contributed by atoms with Crippen LogP contribution < -0.4 is 34.9 Å². The van der Waals surface area contributed by atoms with E-state index in [9.17, 15) is 13.0 Å². The van der Waals surface area contributed by atoms with Crippen LogP contribution in [0.4, 0.5) is 11.4 Å². The first-order valence-corrected chi connectivity index (χ1v) is 12.3. The fourth-order valence-electron chi connectivity index (χ4n) is 3.64. The molecule has 0 spiro atoms. The van der Waals surface area contributed by atoms with E-state index in [0.717, 1.165) is 24.9 Å². The van der Waals surface area contributed by atoms with Crippen LogP contribution in [0.25, 0.3) is 0 Å². The van der Waals surface area contributed by atoms with Gasteiger partial charge in [0.1, 0.15) is 10.1 Å². The summed E-state index contributed by atoms with van der Waals surface area (Å²) in [6.07, 6.45) is 12.8. The molecule has 6 heteroatoms. The molecule has 0 aromatic heterocycles. The maximum Gasteiger partial charge on any atom is 1.00 e. The molecule has 0 saturated heterocycles. The Balaban J connectivity index is 0.00000450. The predicted octanol–water partition coefficient (Wildman–Crippen LogP) is 3.80. The molecule has 2 rings (SSSR count). The first-order chi connectivity index (χ1) is 14.0. The quantitative estimate of drug-likeness (QED) is 0.276. The molecule has 0 amide bonds. The number of rotatable bonds is 14. The number of anilines is 2. The number of benzene rings is 2. The van der Waals surface area contributed by atoms with Crippen molar-refractivity contribution >= 4 is 21.5 Å². The van der Waals surface area contributed by atoms with E-state index < -0.39 is 10.1 Å². The van der Waals surface area contributed by atoms with Gasteiger partial charge in [-0.15, -0.1) is 0 Å². The van der Waals surface area contributed by atoms with E-state index in [1.165, 1.54) is 51.0 Å². The zero-order valence-corrected chi connectivity index (χ0v) is 21.3. The van der Waals surface area contributed by atoms with Crippen LogP contribution in [0, 0.1) is 0 Å². The van der Waals surface area contributed by atoms with E-state index in [0.29, 0.717) is 17.7 Å². The Morgan fingerprint density at radius 2 is 1.33 bits per heavy atom. The summed E-state index contributed by atoms with van der Waals surface area (Å²) in [5.74, 6) is 0. The first kappa shape index (κ1) is 27.2. The van der Waals surface area contributed by atoms with Crippen LogP contribution in [0.3, 0.4) is 0 Å². The number of hydrogen-bond donors (Lipinski definition) is 1. The molecule has 4 nitrogen and oxygen atoms in total. The number of unbranched alkanes of at least 4 members (excludes halogenated alkanes) is 9. The molecule has 0 fully saturated rings. The summed E-state index contributed by atoms with van der Waals surface area (Å²) < 4.78 is 35.3. The minimum Gasteiger partial charge on any atom is -0.744 e. The van der Waals surface area contributed by atoms with Crippen LogP contribution in [0.1, 0.15) is 76.7 Å². The van der Waals surface area contributed by atoms with Crippen molar-refractivity contribution in [2.75, 3.05) is 5.32 Å². The summed E-state index contributed by atoms with van der Waals surface area (Å²) in [6.45, 7) is 2.23. The van der Waals surface area contributed by atoms with Crippen LogP contribution in [0.15, 0.2) is 53.4 Å². The molecule has 0 unspecified atom stereocenters. The Bertz CT molecular complexity index is 826. The van der Waals surface area contributed by atoms with Gasteiger partial charge >= 0.3 is 29.6 Å². The van der Waals surface area contributed by atoms with Crippen molar-refractivity contribution in [3.8, 4) is 0 Å². The van der Waals surface area contributed by atoms with E-state index in [4.69, 9.17) is 0 Å². The summed E-state index contributed by atoms with van der Waals surface area (Å²) in [7, 11) is -4.50. The normalized spacial score (nSPS) is 11.1. The molecule has 30 heavy (non-hydrogen) atoms. The number of para-hydroxylation sites is 1. The van der Waals surface area contributed by atoms with E-state index in [2.05, 4.69) is 12.2 Å². The SMILES string of the molecule is CCCCCCCCCCCCc1c(Nc2ccccc2)cccc1S(=O)(=O)[O-].[Na+]. The molecule has 2 aromatic carbocycles. The largest absolute Gasteiger partial charge is 1.00 e. The third kappa shape index (κ3) is 9.97. The average Bonchev–Trinajstić information content (AvgIpc) is 2.70. The molecule has 0 aliphatic carbocycles. The average molecular weight is 440 g/mol. The van der Waals surface area contributed by atoms with Gasteiger partial charge in [-0.1, -0.05) is 89.0 Å². The van der Waals surface area contributed by atoms with Gasteiger partial charge in [0.25, 0.3) is 0 Å². The molecular formula is C24H34NNaO3S. The summed E-state index contributed by atoms with van der Waals surface area (Å²) >= 11 is 0. The molecule has 0 aliphatic rings. The second-order valence-electron chi connectivity index (χ2n) is 7.66. The van der Waals surface area contributed by atoms with Gasteiger partial charge in [0.05, 0.1) is 4.90 Å². The zero-order valence-electron chi connectivity index (χ0n) is 18.5. The third-order valence-corrected chi connectivity index (χ3v) is 6.16. The molecule has 0 radical (unpaired) electrons. The first-order valence-electron chi connectivity index (χ1n) is 10.9. The molecule has 0 aliphatic heterocycles. The van der Waals surface area contributed by atoms with Crippen LogP contribution in [-0.2, 0) is 16.5 Å². The standard InChI is InChI=1S/C24H35NO3S.Na/c1-2-3-4-5-6-7-8-9-10-14-18-22-23(25-21-16-12-11-13-17-21)19-15-20-24(22)29(26,27)28;/h11-13,15-17,19-20,25H,2-10,14,18H2,1H3,(H,26,27,28);/q;+1/p-1. The predicted molar refractivity (Wildman–Crippen MR) is 120 cm³/mol. The van der Waals surface area contributed by atoms with E-state index >= 15 is 0 Å². The fourth-order valence-corrected chi connectivity index (χ4v) is 4.40. The van der Waals surface area contributed by atoms with Crippen molar-refractivity contribution in [3.63, 3.8) is 0 Å². The van der Waals surface area contributed by atoms with Crippen LogP contribution in [-0.4, -0.2) is 13.0 Å². The van der Waals surface area contributed by atoms with Crippen molar-refractivity contribution in [1.82, 2.24) is 0 Å². The number of nitrogens with one attached hydrogen (secondary N) is 1. The Kier molecular flexibility index (Phi) is 13.6. The minimum absolute atomic E-state index is 0. The summed E-state index contributed by atoms with van der Waals surface area (Å²) in [5, 5.41) is 3.27. The van der Waals surface area contributed by atoms with Crippen LogP contribution in [0.5, 0.6) is 0 Å². The number of hydrogen-bond acceptors (Lipinski definition) is 4. The van der Waals surface area contributed by atoms with Gasteiger partial charge in [-0.2, -0.15) is 0 Å². The van der Waals surface area contributed by atoms with Gasteiger partial charge in [0.2, 0.25) is 0 Å². The second-order valence-corrected chi connectivity index (χ2v) is 9.01. The van der Waals surface area contributed by atoms with Gasteiger partial charge in [-0.3, -0.25) is 0 Å². The zero-order chi connectivity index (χ0) is 21.0. The molecule has 1 N–H and O–H groups in total. The van der Waals surface area contributed by atoms with E-state index in [1.54, 1.807) is 6.07 Å². The molecule has 0 bridgehead atoms. The molecule has 2 aromatic rings. The second kappa shape index (κ2) is 15.0. The van der Waals surface area contributed by atoms with Crippen molar-refractivity contribution in [2.24, 2.45) is 0 Å². The summed E-state index contributed by atoms with van der Waals surface area (Å²) in [6, 6.07) is 14.5. The molecule has 0 saturated carbocycles. The van der Waals surface area contributed by atoms with E-state index in [1.807, 2.05) is 36.4 Å². The Labute approximate surface area is 204 Å². The Morgan fingerprint density at radius 1 is 0.767 bits per heavy atom. The maximum absolute atomic E-state index is 11.8. The van der Waals surface area contributed by atoms with Crippen molar-refractivity contribution in [3.05, 3.63) is 54.1 Å². The minimum atomic E-state index is -4.50. The van der Waals surface area contributed by atoms with Crippen molar-refractivity contribution < 1.29 is 42.5 Å². The molecule has 160 valence electrons. The monoisotopic (exact) mass is 439 g/mol. The van der Waals surface area contributed by atoms with Gasteiger partial charge < -0.3 is 9.87 Å². The summed E-state index contributed by atoms with van der Waals surface area (Å²) in [5.41, 5.74) is 2.17.